The first-order valence-corrected chi connectivity index (χ1v) is 7.12. The van der Waals surface area contributed by atoms with Gasteiger partial charge < -0.3 is 9.84 Å². The van der Waals surface area contributed by atoms with E-state index in [4.69, 9.17) is 4.74 Å². The number of hydrogen-bond acceptors (Lipinski definition) is 4. The van der Waals surface area contributed by atoms with Crippen LogP contribution in [0.5, 0.6) is 0 Å². The minimum atomic E-state index is -1.14. The molecule has 0 aliphatic carbocycles. The molecule has 0 bridgehead atoms. The number of ether oxygens (including phenoxy) is 1. The molecule has 0 spiro atoms. The first-order valence-electron chi connectivity index (χ1n) is 6.24. The molecule has 1 aromatic carbocycles. The zero-order valence-electron chi connectivity index (χ0n) is 11.4. The van der Waals surface area contributed by atoms with E-state index in [-0.39, 0.29) is 5.57 Å². The largest absolute Gasteiger partial charge is 0.478 e. The van der Waals surface area contributed by atoms with Crippen LogP contribution in [0.1, 0.15) is 16.4 Å². The maximum Gasteiger partial charge on any atom is 0.332 e. The second kappa shape index (κ2) is 6.85. The number of carboxylic acid groups (broad SMARTS) is 1. The number of hydrogen-bond donors (Lipinski definition) is 1. The van der Waals surface area contributed by atoms with Crippen LogP contribution in [0.2, 0.25) is 0 Å². The summed E-state index contributed by atoms with van der Waals surface area (Å²) in [7, 11) is 1.25. The van der Waals surface area contributed by atoms with Gasteiger partial charge in [-0.3, -0.25) is 4.79 Å². The highest BCUT2D eigenvalue weighted by Gasteiger charge is 2.30. The van der Waals surface area contributed by atoms with Crippen molar-refractivity contribution in [3.63, 3.8) is 0 Å². The number of carbonyl (C=O) groups is 2. The molecule has 0 saturated heterocycles. The van der Waals surface area contributed by atoms with Gasteiger partial charge in [0.05, 0.1) is 12.7 Å². The zero-order valence-corrected chi connectivity index (χ0v) is 12.2. The highest BCUT2D eigenvalue weighted by molar-refractivity contribution is 7.10. The number of esters is 1. The predicted molar refractivity (Wildman–Crippen MR) is 81.1 cm³/mol. The van der Waals surface area contributed by atoms with E-state index in [1.54, 1.807) is 36.4 Å². The summed E-state index contributed by atoms with van der Waals surface area (Å²) in [5.41, 5.74) is 0.588. The molecule has 108 valence electrons. The van der Waals surface area contributed by atoms with Crippen LogP contribution in [0.25, 0.3) is 6.08 Å². The van der Waals surface area contributed by atoms with E-state index in [0.717, 1.165) is 4.88 Å². The van der Waals surface area contributed by atoms with Crippen LogP contribution < -0.4 is 0 Å². The molecule has 0 radical (unpaired) electrons. The molecule has 0 aliphatic heterocycles. The number of carboxylic acids is 1. The van der Waals surface area contributed by atoms with Crippen molar-refractivity contribution in [3.8, 4) is 0 Å². The summed E-state index contributed by atoms with van der Waals surface area (Å²) >= 11 is 1.41. The van der Waals surface area contributed by atoms with Crippen molar-refractivity contribution in [1.29, 1.82) is 0 Å². The molecule has 4 nitrogen and oxygen atoms in total. The molecule has 1 N–H and O–H groups in total. The minimum absolute atomic E-state index is 0.00417. The molecule has 0 aliphatic rings. The van der Waals surface area contributed by atoms with Crippen LogP contribution in [0.4, 0.5) is 0 Å². The number of carbonyl (C=O) groups excluding carboxylic acids is 1. The van der Waals surface area contributed by atoms with Gasteiger partial charge in [0.15, 0.2) is 0 Å². The quantitative estimate of drug-likeness (QED) is 0.680. The van der Waals surface area contributed by atoms with Gasteiger partial charge in [-0.25, -0.2) is 4.79 Å². The van der Waals surface area contributed by atoms with E-state index < -0.39 is 17.9 Å². The topological polar surface area (TPSA) is 63.6 Å². The van der Waals surface area contributed by atoms with E-state index in [1.807, 2.05) is 11.4 Å². The SMILES string of the molecule is COC(=O)C(/C(=C\c1cccs1)C(=O)O)c1ccccc1. The maximum atomic E-state index is 12.1. The Morgan fingerprint density at radius 1 is 1.19 bits per heavy atom. The molecule has 2 rings (SSSR count). The summed E-state index contributed by atoms with van der Waals surface area (Å²) in [6.45, 7) is 0. The fourth-order valence-electron chi connectivity index (χ4n) is 2.00. The average molecular weight is 302 g/mol. The zero-order chi connectivity index (χ0) is 15.2. The van der Waals surface area contributed by atoms with Crippen LogP contribution >= 0.6 is 11.3 Å². The molecule has 1 atom stereocenters. The Balaban J connectivity index is 2.51. The van der Waals surface area contributed by atoms with E-state index in [9.17, 15) is 14.7 Å². The number of aliphatic carboxylic acids is 1. The normalized spacial score (nSPS) is 12.7. The minimum Gasteiger partial charge on any atom is -0.478 e. The van der Waals surface area contributed by atoms with Crippen LogP contribution in [0.15, 0.2) is 53.4 Å². The Bertz CT molecular complexity index is 644. The monoisotopic (exact) mass is 302 g/mol. The first kappa shape index (κ1) is 15.0. The lowest BCUT2D eigenvalue weighted by atomic mass is 9.90. The Kier molecular flexibility index (Phi) is 4.90. The van der Waals surface area contributed by atoms with Crippen LogP contribution in [-0.2, 0) is 14.3 Å². The molecule has 5 heteroatoms. The summed E-state index contributed by atoms with van der Waals surface area (Å²) in [5, 5.41) is 11.3. The molecular weight excluding hydrogens is 288 g/mol. The van der Waals surface area contributed by atoms with Crippen molar-refractivity contribution >= 4 is 29.4 Å². The number of methoxy groups -OCH3 is 1. The van der Waals surface area contributed by atoms with Crippen molar-refractivity contribution < 1.29 is 19.4 Å². The third-order valence-electron chi connectivity index (χ3n) is 2.97. The molecule has 1 unspecified atom stereocenters. The molecule has 2 aromatic rings. The van der Waals surface area contributed by atoms with Gasteiger partial charge in [0, 0.05) is 4.88 Å². The van der Waals surface area contributed by atoms with E-state index in [0.29, 0.717) is 5.56 Å². The molecule has 21 heavy (non-hydrogen) atoms. The van der Waals surface area contributed by atoms with Crippen LogP contribution in [0.3, 0.4) is 0 Å². The second-order valence-corrected chi connectivity index (χ2v) is 5.27. The van der Waals surface area contributed by atoms with Gasteiger partial charge in [-0.05, 0) is 23.1 Å². The Morgan fingerprint density at radius 3 is 2.43 bits per heavy atom. The summed E-state index contributed by atoms with van der Waals surface area (Å²) in [4.78, 5) is 24.4. The fraction of sp³-hybridized carbons (Fsp3) is 0.125. The van der Waals surface area contributed by atoms with E-state index >= 15 is 0 Å². The van der Waals surface area contributed by atoms with Crippen molar-refractivity contribution in [2.75, 3.05) is 7.11 Å². The van der Waals surface area contributed by atoms with Crippen molar-refractivity contribution in [2.45, 2.75) is 5.92 Å². The number of rotatable bonds is 5. The lowest BCUT2D eigenvalue weighted by Crippen LogP contribution is -2.21. The van der Waals surface area contributed by atoms with Crippen molar-refractivity contribution in [1.82, 2.24) is 0 Å². The second-order valence-electron chi connectivity index (χ2n) is 4.29. The summed E-state index contributed by atoms with van der Waals surface area (Å²) < 4.78 is 4.78. The fourth-order valence-corrected chi connectivity index (χ4v) is 2.67. The molecule has 0 fully saturated rings. The number of benzene rings is 1. The van der Waals surface area contributed by atoms with Crippen molar-refractivity contribution in [2.24, 2.45) is 0 Å². The van der Waals surface area contributed by atoms with Gasteiger partial charge >= 0.3 is 11.9 Å². The molecular formula is C16H14O4S. The van der Waals surface area contributed by atoms with Crippen LogP contribution in [0, 0.1) is 0 Å². The Hall–Kier alpha value is -2.40. The van der Waals surface area contributed by atoms with Crippen molar-refractivity contribution in [3.05, 3.63) is 63.9 Å². The summed E-state index contributed by atoms with van der Waals surface area (Å²) in [5.74, 6) is -2.68. The molecule has 1 heterocycles. The van der Waals surface area contributed by atoms with Gasteiger partial charge in [0.25, 0.3) is 0 Å². The third-order valence-corrected chi connectivity index (χ3v) is 3.79. The predicted octanol–water partition coefficient (Wildman–Crippen LogP) is 3.17. The highest BCUT2D eigenvalue weighted by Crippen LogP contribution is 2.28. The third kappa shape index (κ3) is 3.58. The molecule has 0 saturated carbocycles. The van der Waals surface area contributed by atoms with Gasteiger partial charge in [0.1, 0.15) is 5.92 Å². The number of thiophene rings is 1. The summed E-state index contributed by atoms with van der Waals surface area (Å²) in [6, 6.07) is 12.4. The first-order chi connectivity index (χ1) is 10.1. The van der Waals surface area contributed by atoms with Gasteiger partial charge in [0.2, 0.25) is 0 Å². The van der Waals surface area contributed by atoms with Gasteiger partial charge in [-0.2, -0.15) is 0 Å². The van der Waals surface area contributed by atoms with E-state index in [2.05, 4.69) is 0 Å². The molecule has 0 amide bonds. The maximum absolute atomic E-state index is 12.1. The lowest BCUT2D eigenvalue weighted by molar-refractivity contribution is -0.143. The summed E-state index contributed by atoms with van der Waals surface area (Å²) in [6.07, 6.45) is 1.52. The average Bonchev–Trinajstić information content (AvgIpc) is 3.00. The Morgan fingerprint density at radius 2 is 1.90 bits per heavy atom. The highest BCUT2D eigenvalue weighted by atomic mass is 32.1. The van der Waals surface area contributed by atoms with Crippen LogP contribution in [-0.4, -0.2) is 24.2 Å². The Labute approximate surface area is 126 Å². The standard InChI is InChI=1S/C16H14O4S/c1-20-16(19)14(11-6-3-2-4-7-11)13(15(17)18)10-12-8-5-9-21-12/h2-10,14H,1H3,(H,17,18)/b13-10+. The van der Waals surface area contributed by atoms with Gasteiger partial charge in [-0.1, -0.05) is 36.4 Å². The molecule has 1 aromatic heterocycles. The van der Waals surface area contributed by atoms with Gasteiger partial charge in [-0.15, -0.1) is 11.3 Å². The lowest BCUT2D eigenvalue weighted by Gasteiger charge is -2.16. The van der Waals surface area contributed by atoms with E-state index in [1.165, 1.54) is 24.5 Å². The smallest absolute Gasteiger partial charge is 0.332 e.